The molecule has 2 N–H and O–H groups in total. The molecule has 2 aromatic rings. The number of nitrogens with one attached hydrogen (secondary N) is 2. The fourth-order valence-corrected chi connectivity index (χ4v) is 3.57. The Morgan fingerprint density at radius 3 is 2.35 bits per heavy atom. The highest BCUT2D eigenvalue weighted by Crippen LogP contribution is 2.34. The van der Waals surface area contributed by atoms with Gasteiger partial charge in [0, 0.05) is 5.69 Å². The van der Waals surface area contributed by atoms with Gasteiger partial charge in [0.1, 0.15) is 15.7 Å². The van der Waals surface area contributed by atoms with E-state index in [4.69, 9.17) is 21.7 Å². The van der Waals surface area contributed by atoms with Crippen molar-refractivity contribution in [2.45, 2.75) is 13.8 Å². The van der Waals surface area contributed by atoms with Gasteiger partial charge in [-0.05, 0) is 49.3 Å². The summed E-state index contributed by atoms with van der Waals surface area (Å²) in [6.45, 7) is 3.27. The van der Waals surface area contributed by atoms with Crippen LogP contribution in [0.2, 0.25) is 0 Å². The van der Waals surface area contributed by atoms with E-state index in [9.17, 15) is 14.0 Å². The minimum atomic E-state index is -0.611. The van der Waals surface area contributed by atoms with Crippen LogP contribution in [-0.2, 0) is 9.47 Å². The molecule has 0 atom stereocenters. The molecule has 0 saturated carbocycles. The smallest absolute Gasteiger partial charge is 0.348 e. The number of carbonyl (C=O) groups excluding carboxylic acids is 2. The van der Waals surface area contributed by atoms with Crippen molar-refractivity contribution in [1.82, 2.24) is 0 Å². The van der Waals surface area contributed by atoms with Crippen LogP contribution in [0.25, 0.3) is 0 Å². The molecule has 0 aliphatic rings. The normalized spacial score (nSPS) is 10.2. The Hall–Kier alpha value is -2.52. The monoisotopic (exact) mass is 396 g/mol. The zero-order valence-corrected chi connectivity index (χ0v) is 16.2. The number of benzene rings is 1. The molecular weight excluding hydrogens is 379 g/mol. The molecule has 138 valence electrons. The number of methoxy groups -OCH3 is 2. The van der Waals surface area contributed by atoms with Crippen molar-refractivity contribution >= 4 is 51.3 Å². The SMILES string of the molecule is COC(=O)c1sc(NC(=S)Nc2ccc(C)c(F)c2)c(C(=O)OC)c1C. The first kappa shape index (κ1) is 19.8. The van der Waals surface area contributed by atoms with Crippen LogP contribution >= 0.6 is 23.6 Å². The number of aryl methyl sites for hydroxylation is 1. The van der Waals surface area contributed by atoms with Gasteiger partial charge in [-0.3, -0.25) is 0 Å². The van der Waals surface area contributed by atoms with Gasteiger partial charge < -0.3 is 20.1 Å². The van der Waals surface area contributed by atoms with E-state index in [1.807, 2.05) is 0 Å². The number of hydrogen-bond donors (Lipinski definition) is 2. The highest BCUT2D eigenvalue weighted by molar-refractivity contribution is 7.80. The highest BCUT2D eigenvalue weighted by atomic mass is 32.1. The van der Waals surface area contributed by atoms with Crippen molar-refractivity contribution in [3.63, 3.8) is 0 Å². The van der Waals surface area contributed by atoms with Crippen LogP contribution < -0.4 is 10.6 Å². The first-order chi connectivity index (χ1) is 12.3. The number of thiophene rings is 1. The molecule has 0 unspecified atom stereocenters. The first-order valence-electron chi connectivity index (χ1n) is 7.42. The molecule has 0 fully saturated rings. The summed E-state index contributed by atoms with van der Waals surface area (Å²) in [5.41, 5.74) is 1.59. The summed E-state index contributed by atoms with van der Waals surface area (Å²) in [6, 6.07) is 4.60. The Balaban J connectivity index is 2.29. The van der Waals surface area contributed by atoms with Gasteiger partial charge in [0.05, 0.1) is 19.8 Å². The summed E-state index contributed by atoms with van der Waals surface area (Å²) in [6.07, 6.45) is 0. The molecule has 26 heavy (non-hydrogen) atoms. The maximum atomic E-state index is 13.6. The number of rotatable bonds is 4. The second-order valence-corrected chi connectivity index (χ2v) is 6.72. The van der Waals surface area contributed by atoms with Crippen molar-refractivity contribution < 1.29 is 23.5 Å². The summed E-state index contributed by atoms with van der Waals surface area (Å²) in [4.78, 5) is 24.2. The van der Waals surface area contributed by atoms with Crippen LogP contribution in [0.5, 0.6) is 0 Å². The molecule has 1 heterocycles. The lowest BCUT2D eigenvalue weighted by Crippen LogP contribution is -2.20. The number of thiocarbonyl (C=S) groups is 1. The zero-order valence-electron chi connectivity index (χ0n) is 14.6. The van der Waals surface area contributed by atoms with Crippen molar-refractivity contribution in [3.8, 4) is 0 Å². The van der Waals surface area contributed by atoms with E-state index >= 15 is 0 Å². The summed E-state index contributed by atoms with van der Waals surface area (Å²) in [5, 5.41) is 6.16. The minimum Gasteiger partial charge on any atom is -0.465 e. The lowest BCUT2D eigenvalue weighted by atomic mass is 10.1. The first-order valence-corrected chi connectivity index (χ1v) is 8.65. The van der Waals surface area contributed by atoms with E-state index in [2.05, 4.69) is 10.6 Å². The van der Waals surface area contributed by atoms with E-state index in [0.717, 1.165) is 11.3 Å². The van der Waals surface area contributed by atoms with E-state index in [1.54, 1.807) is 26.0 Å². The lowest BCUT2D eigenvalue weighted by molar-refractivity contribution is 0.0601. The summed E-state index contributed by atoms with van der Waals surface area (Å²) in [7, 11) is 2.50. The van der Waals surface area contributed by atoms with Crippen molar-refractivity contribution in [2.24, 2.45) is 0 Å². The van der Waals surface area contributed by atoms with Crippen LogP contribution in [0.15, 0.2) is 18.2 Å². The molecule has 0 spiro atoms. The average Bonchev–Trinajstić information content (AvgIpc) is 2.92. The molecule has 0 radical (unpaired) electrons. The molecule has 1 aromatic heterocycles. The molecule has 2 rings (SSSR count). The second kappa shape index (κ2) is 8.24. The van der Waals surface area contributed by atoms with Crippen molar-refractivity contribution in [2.75, 3.05) is 24.9 Å². The highest BCUT2D eigenvalue weighted by Gasteiger charge is 2.26. The maximum absolute atomic E-state index is 13.6. The van der Waals surface area contributed by atoms with Gasteiger partial charge in [-0.25, -0.2) is 14.0 Å². The molecule has 0 saturated heterocycles. The maximum Gasteiger partial charge on any atom is 0.348 e. The number of ether oxygens (including phenoxy) is 2. The van der Waals surface area contributed by atoms with E-state index in [1.165, 1.54) is 20.3 Å². The zero-order chi connectivity index (χ0) is 19.4. The summed E-state index contributed by atoms with van der Waals surface area (Å²) in [5.74, 6) is -1.54. The largest absolute Gasteiger partial charge is 0.465 e. The quantitative estimate of drug-likeness (QED) is 0.600. The third kappa shape index (κ3) is 4.17. The fourth-order valence-electron chi connectivity index (χ4n) is 2.17. The predicted octanol–water partition coefficient (Wildman–Crippen LogP) is 3.89. The molecular formula is C17H17FN2O4S2. The Kier molecular flexibility index (Phi) is 6.27. The molecule has 0 aliphatic carbocycles. The standard InChI is InChI=1S/C17H17FN2O4S2/c1-8-5-6-10(7-11(8)18)19-17(25)20-14-12(15(21)23-3)9(2)13(26-14)16(22)24-4/h5-7H,1-4H3,(H2,19,20,25). The van der Waals surface area contributed by atoms with Crippen molar-refractivity contribution in [3.05, 3.63) is 45.6 Å². The topological polar surface area (TPSA) is 76.7 Å². The Morgan fingerprint density at radius 2 is 1.77 bits per heavy atom. The molecule has 0 bridgehead atoms. The van der Waals surface area contributed by atoms with Crippen LogP contribution in [0.1, 0.15) is 31.2 Å². The van der Waals surface area contributed by atoms with E-state index in [0.29, 0.717) is 21.8 Å². The van der Waals surface area contributed by atoms with E-state index in [-0.39, 0.29) is 21.4 Å². The fraction of sp³-hybridized carbons (Fsp3) is 0.235. The van der Waals surface area contributed by atoms with Gasteiger partial charge >= 0.3 is 11.9 Å². The van der Waals surface area contributed by atoms with Gasteiger partial charge in [-0.1, -0.05) is 6.07 Å². The van der Waals surface area contributed by atoms with Crippen LogP contribution in [0.4, 0.5) is 15.1 Å². The van der Waals surface area contributed by atoms with Crippen LogP contribution in [-0.4, -0.2) is 31.3 Å². The molecule has 9 heteroatoms. The third-order valence-electron chi connectivity index (χ3n) is 3.56. The molecule has 6 nitrogen and oxygen atoms in total. The number of anilines is 2. The summed E-state index contributed by atoms with van der Waals surface area (Å²) >= 11 is 6.24. The number of halogens is 1. The third-order valence-corrected chi connectivity index (χ3v) is 4.96. The molecule has 1 aromatic carbocycles. The van der Waals surface area contributed by atoms with Crippen LogP contribution in [0, 0.1) is 19.7 Å². The Bertz CT molecular complexity index is 880. The lowest BCUT2D eigenvalue weighted by Gasteiger charge is -2.11. The predicted molar refractivity (Wildman–Crippen MR) is 103 cm³/mol. The second-order valence-electron chi connectivity index (χ2n) is 5.29. The Labute approximate surface area is 159 Å². The molecule has 0 amide bonds. The number of carbonyl (C=O) groups is 2. The Morgan fingerprint density at radius 1 is 1.12 bits per heavy atom. The van der Waals surface area contributed by atoms with Gasteiger partial charge in [-0.15, -0.1) is 11.3 Å². The minimum absolute atomic E-state index is 0.135. The number of hydrogen-bond acceptors (Lipinski definition) is 6. The van der Waals surface area contributed by atoms with Crippen molar-refractivity contribution in [1.29, 1.82) is 0 Å². The summed E-state index contributed by atoms with van der Waals surface area (Å²) < 4.78 is 23.1. The van der Waals surface area contributed by atoms with Gasteiger partial charge in [0.15, 0.2) is 5.11 Å². The van der Waals surface area contributed by atoms with Crippen LogP contribution in [0.3, 0.4) is 0 Å². The average molecular weight is 396 g/mol. The number of esters is 2. The van der Waals surface area contributed by atoms with E-state index < -0.39 is 11.9 Å². The van der Waals surface area contributed by atoms with Gasteiger partial charge in [0.25, 0.3) is 0 Å². The van der Waals surface area contributed by atoms with Gasteiger partial charge in [0.2, 0.25) is 0 Å². The molecule has 0 aliphatic heterocycles. The van der Waals surface area contributed by atoms with Gasteiger partial charge in [-0.2, -0.15) is 0 Å².